The van der Waals surface area contributed by atoms with Gasteiger partial charge < -0.3 is 15.7 Å². The molecule has 2 amide bonds. The summed E-state index contributed by atoms with van der Waals surface area (Å²) in [4.78, 5) is 22.2. The van der Waals surface area contributed by atoms with Crippen LogP contribution in [0.2, 0.25) is 0 Å². The lowest BCUT2D eigenvalue weighted by Crippen LogP contribution is -2.48. The highest BCUT2D eigenvalue weighted by Gasteiger charge is 2.22. The van der Waals surface area contributed by atoms with Crippen LogP contribution in [0.1, 0.15) is 40.0 Å². The van der Waals surface area contributed by atoms with E-state index in [1.54, 1.807) is 13.8 Å². The van der Waals surface area contributed by atoms with Gasteiger partial charge >= 0.3 is 12.0 Å². The Labute approximate surface area is 96.6 Å². The smallest absolute Gasteiger partial charge is 0.326 e. The summed E-state index contributed by atoms with van der Waals surface area (Å²) in [5.74, 6) is -1.13. The second-order valence-corrected chi connectivity index (χ2v) is 4.17. The molecule has 0 heterocycles. The molecule has 0 aliphatic heterocycles. The molecule has 0 bridgehead atoms. The normalized spacial score (nSPS) is 12.2. The molecule has 16 heavy (non-hydrogen) atoms. The number of carboxylic acids is 1. The third kappa shape index (κ3) is 6.27. The Hall–Kier alpha value is -1.26. The summed E-state index contributed by atoms with van der Waals surface area (Å²) in [5.41, 5.74) is 0. The molecule has 0 fully saturated rings. The van der Waals surface area contributed by atoms with Crippen molar-refractivity contribution in [2.75, 3.05) is 6.54 Å². The molecule has 0 aromatic carbocycles. The van der Waals surface area contributed by atoms with Crippen molar-refractivity contribution in [2.24, 2.45) is 5.92 Å². The molecule has 0 saturated carbocycles. The number of hydrogen-bond acceptors (Lipinski definition) is 2. The van der Waals surface area contributed by atoms with Crippen molar-refractivity contribution in [1.82, 2.24) is 10.6 Å². The van der Waals surface area contributed by atoms with Crippen LogP contribution in [0.5, 0.6) is 0 Å². The summed E-state index contributed by atoms with van der Waals surface area (Å²) in [6.07, 6.45) is 3.07. The van der Waals surface area contributed by atoms with E-state index in [2.05, 4.69) is 17.6 Å². The number of unbranched alkanes of at least 4 members (excludes halogenated alkanes) is 2. The Balaban J connectivity index is 3.87. The highest BCUT2D eigenvalue weighted by molar-refractivity contribution is 5.82. The molecule has 0 radical (unpaired) electrons. The highest BCUT2D eigenvalue weighted by atomic mass is 16.4. The number of amides is 2. The number of rotatable bonds is 7. The molecule has 1 atom stereocenters. The largest absolute Gasteiger partial charge is 0.480 e. The fourth-order valence-electron chi connectivity index (χ4n) is 1.28. The third-order valence-electron chi connectivity index (χ3n) is 2.29. The molecule has 0 aliphatic rings. The van der Waals surface area contributed by atoms with Gasteiger partial charge in [-0.25, -0.2) is 9.59 Å². The van der Waals surface area contributed by atoms with Gasteiger partial charge in [-0.05, 0) is 12.3 Å². The standard InChI is InChI=1S/C11H22N2O3/c1-4-5-6-7-12-11(16)13-9(8(2)3)10(14)15/h8-9H,4-7H2,1-3H3,(H,14,15)(H2,12,13,16)/t9-/m0/s1. The number of hydrogen-bond donors (Lipinski definition) is 3. The number of carbonyl (C=O) groups excluding carboxylic acids is 1. The molecule has 0 rings (SSSR count). The molecule has 0 aromatic heterocycles. The molecule has 0 saturated heterocycles. The minimum absolute atomic E-state index is 0.126. The van der Waals surface area contributed by atoms with E-state index in [-0.39, 0.29) is 5.92 Å². The van der Waals surface area contributed by atoms with Gasteiger partial charge in [-0.3, -0.25) is 0 Å². The van der Waals surface area contributed by atoms with Crippen molar-refractivity contribution >= 4 is 12.0 Å². The summed E-state index contributed by atoms with van der Waals surface area (Å²) >= 11 is 0. The van der Waals surface area contributed by atoms with Gasteiger partial charge in [-0.1, -0.05) is 33.6 Å². The Bertz CT molecular complexity index is 229. The average Bonchev–Trinajstić information content (AvgIpc) is 2.20. The van der Waals surface area contributed by atoms with E-state index in [1.807, 2.05) is 0 Å². The predicted molar refractivity (Wildman–Crippen MR) is 62.3 cm³/mol. The molecular formula is C11H22N2O3. The van der Waals surface area contributed by atoms with Crippen LogP contribution in [-0.4, -0.2) is 29.7 Å². The van der Waals surface area contributed by atoms with Crippen LogP contribution in [0.3, 0.4) is 0 Å². The van der Waals surface area contributed by atoms with Crippen LogP contribution in [-0.2, 0) is 4.79 Å². The first-order valence-corrected chi connectivity index (χ1v) is 5.76. The Morgan fingerprint density at radius 3 is 2.31 bits per heavy atom. The van der Waals surface area contributed by atoms with Crippen molar-refractivity contribution < 1.29 is 14.7 Å². The number of aliphatic carboxylic acids is 1. The monoisotopic (exact) mass is 230 g/mol. The van der Waals surface area contributed by atoms with Crippen LogP contribution >= 0.6 is 0 Å². The second kappa shape index (κ2) is 7.96. The van der Waals surface area contributed by atoms with Crippen LogP contribution < -0.4 is 10.6 Å². The van der Waals surface area contributed by atoms with E-state index >= 15 is 0 Å². The molecular weight excluding hydrogens is 208 g/mol. The summed E-state index contributed by atoms with van der Waals surface area (Å²) in [6, 6.07) is -1.23. The maximum atomic E-state index is 11.3. The van der Waals surface area contributed by atoms with Gasteiger partial charge in [-0.2, -0.15) is 0 Å². The van der Waals surface area contributed by atoms with Gasteiger partial charge in [0.2, 0.25) is 0 Å². The SMILES string of the molecule is CCCCCNC(=O)N[C@H](C(=O)O)C(C)C. The summed E-state index contributed by atoms with van der Waals surface area (Å²) in [7, 11) is 0. The lowest BCUT2D eigenvalue weighted by Gasteiger charge is -2.18. The zero-order valence-electron chi connectivity index (χ0n) is 10.2. The molecule has 94 valence electrons. The Kier molecular flexibility index (Phi) is 7.33. The van der Waals surface area contributed by atoms with Crippen LogP contribution in [0.25, 0.3) is 0 Å². The molecule has 3 N–H and O–H groups in total. The van der Waals surface area contributed by atoms with Gasteiger partial charge in [0.25, 0.3) is 0 Å². The zero-order chi connectivity index (χ0) is 12.6. The van der Waals surface area contributed by atoms with Crippen molar-refractivity contribution in [3.63, 3.8) is 0 Å². The van der Waals surface area contributed by atoms with Crippen LogP contribution in [0.15, 0.2) is 0 Å². The van der Waals surface area contributed by atoms with Crippen molar-refractivity contribution in [2.45, 2.75) is 46.1 Å². The lowest BCUT2D eigenvalue weighted by atomic mass is 10.1. The highest BCUT2D eigenvalue weighted by Crippen LogP contribution is 2.01. The molecule has 0 unspecified atom stereocenters. The van der Waals surface area contributed by atoms with E-state index in [9.17, 15) is 9.59 Å². The molecule has 5 heteroatoms. The fraction of sp³-hybridized carbons (Fsp3) is 0.818. The molecule has 0 aliphatic carbocycles. The van der Waals surface area contributed by atoms with Gasteiger partial charge in [0.05, 0.1) is 0 Å². The third-order valence-corrected chi connectivity index (χ3v) is 2.29. The number of carboxylic acid groups (broad SMARTS) is 1. The van der Waals surface area contributed by atoms with Crippen LogP contribution in [0.4, 0.5) is 4.79 Å². The van der Waals surface area contributed by atoms with Crippen molar-refractivity contribution in [3.8, 4) is 0 Å². The maximum Gasteiger partial charge on any atom is 0.326 e. The van der Waals surface area contributed by atoms with E-state index in [4.69, 9.17) is 5.11 Å². The zero-order valence-corrected chi connectivity index (χ0v) is 10.2. The molecule has 5 nitrogen and oxygen atoms in total. The van der Waals surface area contributed by atoms with Gasteiger partial charge in [0.15, 0.2) is 0 Å². The van der Waals surface area contributed by atoms with Gasteiger partial charge in [0.1, 0.15) is 6.04 Å². The quantitative estimate of drug-likeness (QED) is 0.581. The number of carbonyl (C=O) groups is 2. The van der Waals surface area contributed by atoms with E-state index < -0.39 is 18.0 Å². The Morgan fingerprint density at radius 1 is 1.25 bits per heavy atom. The summed E-state index contributed by atoms with van der Waals surface area (Å²) in [5, 5.41) is 13.9. The fourth-order valence-corrected chi connectivity index (χ4v) is 1.28. The van der Waals surface area contributed by atoms with Crippen LogP contribution in [0, 0.1) is 5.92 Å². The molecule has 0 spiro atoms. The minimum Gasteiger partial charge on any atom is -0.480 e. The number of urea groups is 1. The predicted octanol–water partition coefficient (Wildman–Crippen LogP) is 1.58. The minimum atomic E-state index is -1.00. The van der Waals surface area contributed by atoms with Crippen molar-refractivity contribution in [3.05, 3.63) is 0 Å². The van der Waals surface area contributed by atoms with Gasteiger partial charge in [-0.15, -0.1) is 0 Å². The topological polar surface area (TPSA) is 78.4 Å². The summed E-state index contributed by atoms with van der Waals surface area (Å²) in [6.45, 7) is 6.19. The summed E-state index contributed by atoms with van der Waals surface area (Å²) < 4.78 is 0. The molecule has 0 aromatic rings. The van der Waals surface area contributed by atoms with Gasteiger partial charge in [0, 0.05) is 6.54 Å². The number of nitrogens with one attached hydrogen (secondary N) is 2. The first-order valence-electron chi connectivity index (χ1n) is 5.76. The van der Waals surface area contributed by atoms with E-state index in [0.717, 1.165) is 19.3 Å². The first kappa shape index (κ1) is 14.7. The lowest BCUT2D eigenvalue weighted by molar-refractivity contribution is -0.140. The second-order valence-electron chi connectivity index (χ2n) is 4.17. The van der Waals surface area contributed by atoms with E-state index in [0.29, 0.717) is 6.54 Å². The average molecular weight is 230 g/mol. The first-order chi connectivity index (χ1) is 7.49. The maximum absolute atomic E-state index is 11.3. The van der Waals surface area contributed by atoms with Crippen molar-refractivity contribution in [1.29, 1.82) is 0 Å². The van der Waals surface area contributed by atoms with E-state index in [1.165, 1.54) is 0 Å². The Morgan fingerprint density at radius 2 is 1.88 bits per heavy atom.